The Hall–Kier alpha value is -4.58. The number of rotatable bonds is 8. The van der Waals surface area contributed by atoms with E-state index in [4.69, 9.17) is 28.1 Å². The zero-order valence-electron chi connectivity index (χ0n) is 23.2. The van der Waals surface area contributed by atoms with E-state index in [1.165, 1.54) is 27.7 Å². The molecular formula is C29H30N2O10. The normalized spacial score (nSPS) is 21.9. The van der Waals surface area contributed by atoms with E-state index >= 15 is 0 Å². The molecule has 0 bridgehead atoms. The summed E-state index contributed by atoms with van der Waals surface area (Å²) in [5, 5.41) is 7.89. The lowest BCUT2D eigenvalue weighted by Gasteiger charge is -2.44. The molecule has 0 aliphatic carbocycles. The first-order valence-electron chi connectivity index (χ1n) is 12.8. The zero-order valence-corrected chi connectivity index (χ0v) is 23.2. The Morgan fingerprint density at radius 2 is 1.34 bits per heavy atom. The highest BCUT2D eigenvalue weighted by Gasteiger charge is 2.52. The van der Waals surface area contributed by atoms with Gasteiger partial charge in [0.2, 0.25) is 11.8 Å². The van der Waals surface area contributed by atoms with E-state index < -0.39 is 54.4 Å². The second-order valence-corrected chi connectivity index (χ2v) is 9.45. The van der Waals surface area contributed by atoms with Gasteiger partial charge in [-0.15, -0.1) is 10.2 Å². The van der Waals surface area contributed by atoms with Crippen molar-refractivity contribution in [1.29, 1.82) is 0 Å². The first kappa shape index (κ1) is 29.4. The molecule has 2 aromatic carbocycles. The Kier molecular flexibility index (Phi) is 9.13. The summed E-state index contributed by atoms with van der Waals surface area (Å²) >= 11 is 0. The van der Waals surface area contributed by atoms with Crippen molar-refractivity contribution in [3.8, 4) is 22.6 Å². The highest BCUT2D eigenvalue weighted by atomic mass is 16.7. The van der Waals surface area contributed by atoms with Crippen LogP contribution in [0.1, 0.15) is 45.3 Å². The van der Waals surface area contributed by atoms with Gasteiger partial charge in [0.25, 0.3) is 0 Å². The second kappa shape index (κ2) is 12.7. The average Bonchev–Trinajstić information content (AvgIpc) is 3.35. The van der Waals surface area contributed by atoms with Crippen LogP contribution in [-0.2, 0) is 42.9 Å². The molecule has 12 nitrogen and oxygen atoms in total. The topological polar surface area (TPSA) is 153 Å². The Morgan fingerprint density at radius 1 is 0.732 bits per heavy atom. The van der Waals surface area contributed by atoms with Crippen LogP contribution in [-0.4, -0.2) is 65.1 Å². The van der Waals surface area contributed by atoms with Gasteiger partial charge < -0.3 is 28.1 Å². The Balaban J connectivity index is 1.72. The Labute approximate surface area is 235 Å². The molecule has 41 heavy (non-hydrogen) atoms. The van der Waals surface area contributed by atoms with E-state index in [9.17, 15) is 19.2 Å². The molecule has 0 amide bonds. The van der Waals surface area contributed by atoms with Crippen LogP contribution >= 0.6 is 0 Å². The van der Waals surface area contributed by atoms with Crippen LogP contribution in [0.2, 0.25) is 0 Å². The van der Waals surface area contributed by atoms with Gasteiger partial charge in [-0.25, -0.2) is 0 Å². The first-order valence-corrected chi connectivity index (χ1v) is 12.8. The maximum Gasteiger partial charge on any atom is 0.303 e. The lowest BCUT2D eigenvalue weighted by atomic mass is 9.89. The third kappa shape index (κ3) is 7.34. The van der Waals surface area contributed by atoms with Crippen molar-refractivity contribution in [1.82, 2.24) is 10.2 Å². The minimum Gasteiger partial charge on any atom is -0.463 e. The molecule has 3 aromatic rings. The van der Waals surface area contributed by atoms with Crippen molar-refractivity contribution in [2.24, 2.45) is 0 Å². The van der Waals surface area contributed by atoms with Crippen LogP contribution in [0.15, 0.2) is 52.9 Å². The molecule has 1 aliphatic heterocycles. The fourth-order valence-electron chi connectivity index (χ4n) is 4.61. The van der Waals surface area contributed by atoms with Gasteiger partial charge >= 0.3 is 23.9 Å². The molecule has 1 aliphatic rings. The van der Waals surface area contributed by atoms with Gasteiger partial charge in [-0.2, -0.15) is 0 Å². The third-order valence-corrected chi connectivity index (χ3v) is 6.20. The number of ether oxygens (including phenoxy) is 5. The minimum absolute atomic E-state index is 0.301. The molecular weight excluding hydrogens is 536 g/mol. The maximum atomic E-state index is 12.2. The molecule has 12 heteroatoms. The van der Waals surface area contributed by atoms with E-state index in [0.29, 0.717) is 17.3 Å². The SMILES string of the molecule is CC(=O)OC[C@H]1O[C@H](c2cccc(-c3ccc(-c4nnc(C)o4)cc3)c2)[C@@H](OC(C)=O)[C@H](OC(C)=O)[C@@H]1OC(C)=O. The van der Waals surface area contributed by atoms with Crippen molar-refractivity contribution in [3.05, 3.63) is 60.0 Å². The summed E-state index contributed by atoms with van der Waals surface area (Å²) in [6.07, 6.45) is -5.67. The fourth-order valence-corrected chi connectivity index (χ4v) is 4.61. The number of aryl methyl sites for hydroxylation is 1. The number of benzene rings is 2. The molecule has 216 valence electrons. The third-order valence-electron chi connectivity index (χ3n) is 6.20. The van der Waals surface area contributed by atoms with E-state index in [1.54, 1.807) is 19.1 Å². The average molecular weight is 567 g/mol. The summed E-state index contributed by atoms with van der Waals surface area (Å²) in [5.41, 5.74) is 3.00. The summed E-state index contributed by atoms with van der Waals surface area (Å²) in [7, 11) is 0. The van der Waals surface area contributed by atoms with Gasteiger partial charge in [-0.1, -0.05) is 30.3 Å². The van der Waals surface area contributed by atoms with E-state index in [-0.39, 0.29) is 6.61 Å². The van der Waals surface area contributed by atoms with Gasteiger partial charge in [-0.05, 0) is 34.9 Å². The quantitative estimate of drug-likeness (QED) is 0.289. The van der Waals surface area contributed by atoms with Gasteiger partial charge in [0.15, 0.2) is 18.3 Å². The molecule has 1 fully saturated rings. The van der Waals surface area contributed by atoms with Crippen LogP contribution in [0.25, 0.3) is 22.6 Å². The van der Waals surface area contributed by atoms with Gasteiger partial charge in [0, 0.05) is 40.2 Å². The molecule has 1 saturated heterocycles. The summed E-state index contributed by atoms with van der Waals surface area (Å²) in [6, 6.07) is 14.8. The van der Waals surface area contributed by atoms with E-state index in [1.807, 2.05) is 36.4 Å². The number of esters is 4. The zero-order chi connectivity index (χ0) is 29.7. The Morgan fingerprint density at radius 3 is 1.93 bits per heavy atom. The van der Waals surface area contributed by atoms with Crippen LogP contribution in [0, 0.1) is 6.92 Å². The van der Waals surface area contributed by atoms with Crippen molar-refractivity contribution in [2.45, 2.75) is 65.1 Å². The highest BCUT2D eigenvalue weighted by molar-refractivity contribution is 5.70. The van der Waals surface area contributed by atoms with Crippen LogP contribution in [0.3, 0.4) is 0 Å². The van der Waals surface area contributed by atoms with E-state index in [0.717, 1.165) is 16.7 Å². The Bertz CT molecular complexity index is 1420. The van der Waals surface area contributed by atoms with E-state index in [2.05, 4.69) is 10.2 Å². The lowest BCUT2D eigenvalue weighted by Crippen LogP contribution is -2.59. The number of nitrogens with zero attached hydrogens (tertiary/aromatic N) is 2. The summed E-state index contributed by atoms with van der Waals surface area (Å²) in [5.74, 6) is -1.77. The maximum absolute atomic E-state index is 12.2. The molecule has 2 heterocycles. The largest absolute Gasteiger partial charge is 0.463 e. The van der Waals surface area contributed by atoms with Gasteiger partial charge in [0.05, 0.1) is 0 Å². The van der Waals surface area contributed by atoms with Crippen molar-refractivity contribution in [3.63, 3.8) is 0 Å². The van der Waals surface area contributed by atoms with Crippen molar-refractivity contribution in [2.75, 3.05) is 6.61 Å². The highest BCUT2D eigenvalue weighted by Crippen LogP contribution is 2.39. The summed E-state index contributed by atoms with van der Waals surface area (Å²) < 4.78 is 33.5. The monoisotopic (exact) mass is 566 g/mol. The number of aromatic nitrogens is 2. The predicted octanol–water partition coefficient (Wildman–Crippen LogP) is 3.51. The number of carbonyl (C=O) groups excluding carboxylic acids is 4. The van der Waals surface area contributed by atoms with Crippen molar-refractivity contribution < 1.29 is 47.3 Å². The van der Waals surface area contributed by atoms with Crippen LogP contribution in [0.5, 0.6) is 0 Å². The molecule has 1 aromatic heterocycles. The summed E-state index contributed by atoms with van der Waals surface area (Å²) in [4.78, 5) is 47.9. The molecule has 0 saturated carbocycles. The minimum atomic E-state index is -1.25. The standard InChI is InChI=1S/C29H30N2O10/c1-15-30-31-29(37-15)21-11-9-20(10-12-21)22-7-6-8-23(13-22)25-27(39-18(4)34)28(40-19(5)35)26(38-17(3)33)24(41-25)14-36-16(2)32/h6-13,24-28H,14H2,1-5H3/t24-,25-,26-,27-,28-/m1/s1. The number of hydrogen-bond donors (Lipinski definition) is 0. The molecule has 0 N–H and O–H groups in total. The number of hydrogen-bond acceptors (Lipinski definition) is 12. The van der Waals surface area contributed by atoms with Crippen LogP contribution < -0.4 is 0 Å². The first-order chi connectivity index (χ1) is 19.5. The second-order valence-electron chi connectivity index (χ2n) is 9.45. The van der Waals surface area contributed by atoms with Gasteiger partial charge in [0.1, 0.15) is 18.8 Å². The summed E-state index contributed by atoms with van der Waals surface area (Å²) in [6.45, 7) is 6.20. The molecule has 0 radical (unpaired) electrons. The smallest absolute Gasteiger partial charge is 0.303 e. The molecule has 0 unspecified atom stereocenters. The van der Waals surface area contributed by atoms with Crippen molar-refractivity contribution >= 4 is 23.9 Å². The molecule has 5 atom stereocenters. The number of carbonyl (C=O) groups is 4. The van der Waals surface area contributed by atoms with Gasteiger partial charge in [-0.3, -0.25) is 19.2 Å². The molecule has 0 spiro atoms. The molecule has 4 rings (SSSR count). The lowest BCUT2D eigenvalue weighted by molar-refractivity contribution is -0.254. The fraction of sp³-hybridized carbons (Fsp3) is 0.379. The van der Waals surface area contributed by atoms with Crippen LogP contribution in [0.4, 0.5) is 0 Å². The predicted molar refractivity (Wildman–Crippen MR) is 141 cm³/mol.